The third-order valence-electron chi connectivity index (χ3n) is 2.21. The van der Waals surface area contributed by atoms with E-state index in [1.165, 1.54) is 25.3 Å². The van der Waals surface area contributed by atoms with Gasteiger partial charge in [-0.15, -0.1) is 0 Å². The molecular formula is C11H12ClFN2O4. The molecule has 1 unspecified atom stereocenters. The van der Waals surface area contributed by atoms with Gasteiger partial charge in [0.25, 0.3) is 0 Å². The first-order valence-corrected chi connectivity index (χ1v) is 5.58. The Bertz CT molecular complexity index is 484. The van der Waals surface area contributed by atoms with Gasteiger partial charge in [0.1, 0.15) is 0 Å². The van der Waals surface area contributed by atoms with E-state index in [0.717, 1.165) is 0 Å². The molecule has 0 aromatic heterocycles. The number of nitrogens with one attached hydrogen (secondary N) is 2. The lowest BCUT2D eigenvalue weighted by Crippen LogP contribution is -2.39. The van der Waals surface area contributed by atoms with Gasteiger partial charge in [-0.1, -0.05) is 17.7 Å². The molecule has 0 heterocycles. The zero-order valence-electron chi connectivity index (χ0n) is 9.94. The number of methoxy groups -OCH3 is 1. The summed E-state index contributed by atoms with van der Waals surface area (Å²) in [5.74, 6) is -1.97. The van der Waals surface area contributed by atoms with Crippen molar-refractivity contribution in [2.75, 3.05) is 19.0 Å². The van der Waals surface area contributed by atoms with E-state index in [1.54, 1.807) is 0 Å². The van der Waals surface area contributed by atoms with Crippen LogP contribution in [0.2, 0.25) is 5.02 Å². The van der Waals surface area contributed by atoms with Gasteiger partial charge >= 0.3 is 12.0 Å². The molecule has 1 aromatic rings. The minimum absolute atomic E-state index is 0.103. The number of ether oxygens (including phenoxy) is 1. The SMILES string of the molecule is COC(CNC(=O)Nc1cccc(Cl)c1F)C(=O)O. The van der Waals surface area contributed by atoms with E-state index in [9.17, 15) is 14.0 Å². The maximum atomic E-state index is 13.5. The van der Waals surface area contributed by atoms with E-state index < -0.39 is 23.9 Å². The average Bonchev–Trinajstić information content (AvgIpc) is 2.35. The quantitative estimate of drug-likeness (QED) is 0.770. The van der Waals surface area contributed by atoms with Crippen LogP contribution in [0.15, 0.2) is 18.2 Å². The van der Waals surface area contributed by atoms with Crippen LogP contribution in [0.4, 0.5) is 14.9 Å². The molecule has 0 aliphatic heterocycles. The highest BCUT2D eigenvalue weighted by Crippen LogP contribution is 2.21. The Labute approximate surface area is 113 Å². The van der Waals surface area contributed by atoms with Gasteiger partial charge in [-0.3, -0.25) is 0 Å². The normalized spacial score (nSPS) is 11.7. The van der Waals surface area contributed by atoms with Crippen LogP contribution in [0, 0.1) is 5.82 Å². The molecule has 1 aromatic carbocycles. The minimum Gasteiger partial charge on any atom is -0.479 e. The second kappa shape index (κ2) is 6.91. The summed E-state index contributed by atoms with van der Waals surface area (Å²) in [6.07, 6.45) is -1.17. The monoisotopic (exact) mass is 290 g/mol. The van der Waals surface area contributed by atoms with Crippen molar-refractivity contribution in [1.29, 1.82) is 0 Å². The molecule has 2 amide bonds. The predicted molar refractivity (Wildman–Crippen MR) is 66.9 cm³/mol. The van der Waals surface area contributed by atoms with E-state index in [-0.39, 0.29) is 17.3 Å². The molecule has 19 heavy (non-hydrogen) atoms. The Hall–Kier alpha value is -1.86. The molecule has 0 fully saturated rings. The zero-order valence-corrected chi connectivity index (χ0v) is 10.7. The zero-order chi connectivity index (χ0) is 14.4. The van der Waals surface area contributed by atoms with E-state index >= 15 is 0 Å². The van der Waals surface area contributed by atoms with Gasteiger partial charge in [-0.2, -0.15) is 0 Å². The summed E-state index contributed by atoms with van der Waals surface area (Å²) in [6, 6.07) is 3.37. The molecular weight excluding hydrogens is 279 g/mol. The number of urea groups is 1. The average molecular weight is 291 g/mol. The fourth-order valence-corrected chi connectivity index (χ4v) is 1.40. The molecule has 0 aliphatic rings. The fourth-order valence-electron chi connectivity index (χ4n) is 1.22. The lowest BCUT2D eigenvalue weighted by molar-refractivity contribution is -0.147. The number of carbonyl (C=O) groups is 2. The number of hydrogen-bond donors (Lipinski definition) is 3. The Morgan fingerprint density at radius 1 is 1.53 bits per heavy atom. The molecule has 1 atom stereocenters. The smallest absolute Gasteiger partial charge is 0.334 e. The molecule has 0 spiro atoms. The van der Waals surface area contributed by atoms with Crippen LogP contribution in [0.25, 0.3) is 0 Å². The molecule has 6 nitrogen and oxygen atoms in total. The number of anilines is 1. The topological polar surface area (TPSA) is 87.7 Å². The van der Waals surface area contributed by atoms with Crippen molar-refractivity contribution in [2.45, 2.75) is 6.10 Å². The third kappa shape index (κ3) is 4.38. The lowest BCUT2D eigenvalue weighted by atomic mass is 10.3. The fraction of sp³-hybridized carbons (Fsp3) is 0.273. The molecule has 0 saturated heterocycles. The van der Waals surface area contributed by atoms with Crippen molar-refractivity contribution in [3.05, 3.63) is 29.0 Å². The highest BCUT2D eigenvalue weighted by Gasteiger charge is 2.17. The molecule has 0 radical (unpaired) electrons. The van der Waals surface area contributed by atoms with Gasteiger partial charge in [0.2, 0.25) is 0 Å². The number of halogens is 2. The van der Waals surface area contributed by atoms with Crippen LogP contribution < -0.4 is 10.6 Å². The molecule has 0 bridgehead atoms. The van der Waals surface area contributed by atoms with Gasteiger partial charge in [0, 0.05) is 7.11 Å². The molecule has 3 N–H and O–H groups in total. The van der Waals surface area contributed by atoms with Gasteiger partial charge in [0.15, 0.2) is 11.9 Å². The first-order valence-electron chi connectivity index (χ1n) is 5.20. The summed E-state index contributed by atoms with van der Waals surface area (Å²) >= 11 is 5.54. The maximum Gasteiger partial charge on any atom is 0.334 e. The van der Waals surface area contributed by atoms with Crippen LogP contribution in [-0.4, -0.2) is 36.9 Å². The van der Waals surface area contributed by atoms with Crippen molar-refractivity contribution >= 4 is 29.3 Å². The first-order chi connectivity index (χ1) is 8.95. The number of amides is 2. The summed E-state index contributed by atoms with van der Waals surface area (Å²) in [6.45, 7) is -0.250. The van der Waals surface area contributed by atoms with E-state index in [1.807, 2.05) is 0 Å². The van der Waals surface area contributed by atoms with Crippen molar-refractivity contribution in [3.63, 3.8) is 0 Å². The Kier molecular flexibility index (Phi) is 5.53. The number of benzene rings is 1. The van der Waals surface area contributed by atoms with Crippen LogP contribution in [-0.2, 0) is 9.53 Å². The number of carboxylic acid groups (broad SMARTS) is 1. The van der Waals surface area contributed by atoms with Crippen molar-refractivity contribution < 1.29 is 23.8 Å². The van der Waals surface area contributed by atoms with E-state index in [0.29, 0.717) is 0 Å². The Morgan fingerprint density at radius 3 is 2.79 bits per heavy atom. The van der Waals surface area contributed by atoms with Gasteiger partial charge in [-0.25, -0.2) is 14.0 Å². The molecule has 104 valence electrons. The third-order valence-corrected chi connectivity index (χ3v) is 2.50. The lowest BCUT2D eigenvalue weighted by Gasteiger charge is -2.12. The summed E-state index contributed by atoms with van der Waals surface area (Å²) in [4.78, 5) is 22.1. The predicted octanol–water partition coefficient (Wildman–Crippen LogP) is 1.70. The Balaban J connectivity index is 2.56. The second-order valence-corrected chi connectivity index (χ2v) is 3.91. The number of aliphatic carboxylic acids is 1. The van der Waals surface area contributed by atoms with Crippen LogP contribution >= 0.6 is 11.6 Å². The van der Waals surface area contributed by atoms with E-state index in [2.05, 4.69) is 15.4 Å². The van der Waals surface area contributed by atoms with Crippen molar-refractivity contribution in [1.82, 2.24) is 5.32 Å². The van der Waals surface area contributed by atoms with Crippen molar-refractivity contribution in [3.8, 4) is 0 Å². The summed E-state index contributed by atoms with van der Waals surface area (Å²) in [7, 11) is 1.20. The number of hydrogen-bond acceptors (Lipinski definition) is 3. The standard InChI is InChI=1S/C11H12ClFN2O4/c1-19-8(10(16)17)5-14-11(18)15-7-4-2-3-6(12)9(7)13/h2-4,8H,5H2,1H3,(H,16,17)(H2,14,15,18). The molecule has 1 rings (SSSR count). The Morgan fingerprint density at radius 2 is 2.21 bits per heavy atom. The van der Waals surface area contributed by atoms with Gasteiger partial charge in [-0.05, 0) is 12.1 Å². The highest BCUT2D eigenvalue weighted by molar-refractivity contribution is 6.31. The second-order valence-electron chi connectivity index (χ2n) is 3.50. The number of carboxylic acids is 1. The molecule has 0 aliphatic carbocycles. The largest absolute Gasteiger partial charge is 0.479 e. The van der Waals surface area contributed by atoms with Gasteiger partial charge in [0.05, 0.1) is 17.3 Å². The van der Waals surface area contributed by atoms with Crippen LogP contribution in [0.1, 0.15) is 0 Å². The first kappa shape index (κ1) is 15.2. The minimum atomic E-state index is -1.21. The summed E-state index contributed by atoms with van der Waals surface area (Å²) < 4.78 is 18.1. The van der Waals surface area contributed by atoms with Crippen molar-refractivity contribution in [2.24, 2.45) is 0 Å². The summed E-state index contributed by atoms with van der Waals surface area (Å²) in [5, 5.41) is 13.0. The molecule has 0 saturated carbocycles. The number of rotatable bonds is 5. The maximum absolute atomic E-state index is 13.5. The highest BCUT2D eigenvalue weighted by atomic mass is 35.5. The number of carbonyl (C=O) groups excluding carboxylic acids is 1. The molecule has 8 heteroatoms. The summed E-state index contributed by atoms with van der Waals surface area (Å²) in [5.41, 5.74) is -0.103. The van der Waals surface area contributed by atoms with Gasteiger partial charge < -0.3 is 20.5 Å². The van der Waals surface area contributed by atoms with E-state index in [4.69, 9.17) is 16.7 Å². The van der Waals surface area contributed by atoms with Crippen LogP contribution in [0.5, 0.6) is 0 Å². The van der Waals surface area contributed by atoms with Crippen LogP contribution in [0.3, 0.4) is 0 Å².